The van der Waals surface area contributed by atoms with Crippen molar-refractivity contribution in [2.75, 3.05) is 0 Å². The third-order valence-electron chi connectivity index (χ3n) is 3.61. The van der Waals surface area contributed by atoms with Crippen LogP contribution in [0, 0.1) is 0 Å². The summed E-state index contributed by atoms with van der Waals surface area (Å²) in [6.07, 6.45) is 4.26. The summed E-state index contributed by atoms with van der Waals surface area (Å²) in [6, 6.07) is 7.92. The smallest absolute Gasteiger partial charge is 0.272 e. The first-order valence-electron chi connectivity index (χ1n) is 6.83. The topological polar surface area (TPSA) is 57.8 Å². The van der Waals surface area contributed by atoms with Crippen molar-refractivity contribution in [2.24, 2.45) is 0 Å². The lowest BCUT2D eigenvalue weighted by Crippen LogP contribution is -2.24. The van der Waals surface area contributed by atoms with Gasteiger partial charge in [0.1, 0.15) is 0 Å². The zero-order valence-corrected chi connectivity index (χ0v) is 12.7. The van der Waals surface area contributed by atoms with Gasteiger partial charge in [-0.25, -0.2) is 0 Å². The number of carbonyl (C=O) groups excluding carboxylic acids is 1. The number of aromatic nitrogens is 2. The Balaban J connectivity index is 1.69. The molecule has 2 N–H and O–H groups in total. The van der Waals surface area contributed by atoms with Crippen LogP contribution in [0.4, 0.5) is 0 Å². The van der Waals surface area contributed by atoms with Crippen molar-refractivity contribution in [2.45, 2.75) is 32.2 Å². The molecule has 0 bridgehead atoms. The molecule has 0 saturated carbocycles. The number of carbonyl (C=O) groups is 1. The number of rotatable bonds is 3. The molecule has 1 amide bonds. The summed E-state index contributed by atoms with van der Waals surface area (Å²) in [7, 11) is 0. The molecule has 2 aromatic rings. The summed E-state index contributed by atoms with van der Waals surface area (Å²) in [4.78, 5) is 12.2. The largest absolute Gasteiger partial charge is 0.347 e. The van der Waals surface area contributed by atoms with Crippen LogP contribution in [-0.2, 0) is 19.4 Å². The SMILES string of the molecule is O=C(NCc1cccc(Br)c1)c1n[nH]c2c1CCCC2. The fraction of sp³-hybridized carbons (Fsp3) is 0.333. The zero-order valence-electron chi connectivity index (χ0n) is 11.1. The summed E-state index contributed by atoms with van der Waals surface area (Å²) >= 11 is 3.43. The molecule has 1 aromatic heterocycles. The molecule has 0 fully saturated rings. The van der Waals surface area contributed by atoms with Crippen molar-refractivity contribution >= 4 is 21.8 Å². The van der Waals surface area contributed by atoms with Crippen molar-refractivity contribution in [3.8, 4) is 0 Å². The van der Waals surface area contributed by atoms with E-state index >= 15 is 0 Å². The highest BCUT2D eigenvalue weighted by Gasteiger charge is 2.21. The van der Waals surface area contributed by atoms with Gasteiger partial charge >= 0.3 is 0 Å². The molecule has 20 heavy (non-hydrogen) atoms. The molecule has 104 valence electrons. The van der Waals surface area contributed by atoms with Crippen molar-refractivity contribution in [1.82, 2.24) is 15.5 Å². The van der Waals surface area contributed by atoms with Gasteiger partial charge in [-0.1, -0.05) is 28.1 Å². The van der Waals surface area contributed by atoms with Crippen LogP contribution in [0.5, 0.6) is 0 Å². The monoisotopic (exact) mass is 333 g/mol. The van der Waals surface area contributed by atoms with Gasteiger partial charge < -0.3 is 5.32 Å². The second kappa shape index (κ2) is 5.79. The number of fused-ring (bicyclic) bond motifs is 1. The Labute approximate surface area is 126 Å². The van der Waals surface area contributed by atoms with E-state index < -0.39 is 0 Å². The maximum Gasteiger partial charge on any atom is 0.272 e. The lowest BCUT2D eigenvalue weighted by molar-refractivity contribution is 0.0945. The van der Waals surface area contributed by atoms with Crippen LogP contribution in [0.25, 0.3) is 0 Å². The lowest BCUT2D eigenvalue weighted by Gasteiger charge is -2.11. The molecule has 5 heteroatoms. The molecule has 0 saturated heterocycles. The fourth-order valence-electron chi connectivity index (χ4n) is 2.58. The first kappa shape index (κ1) is 13.4. The van der Waals surface area contributed by atoms with E-state index in [1.165, 1.54) is 6.42 Å². The number of H-pyrrole nitrogens is 1. The molecule has 4 nitrogen and oxygen atoms in total. The number of benzene rings is 1. The molecule has 1 aliphatic carbocycles. The first-order valence-corrected chi connectivity index (χ1v) is 7.62. The van der Waals surface area contributed by atoms with E-state index in [4.69, 9.17) is 0 Å². The van der Waals surface area contributed by atoms with E-state index in [1.54, 1.807) is 0 Å². The fourth-order valence-corrected chi connectivity index (χ4v) is 3.03. The van der Waals surface area contributed by atoms with Crippen LogP contribution in [0.3, 0.4) is 0 Å². The van der Waals surface area contributed by atoms with Crippen LogP contribution in [0.2, 0.25) is 0 Å². The highest BCUT2D eigenvalue weighted by molar-refractivity contribution is 9.10. The van der Waals surface area contributed by atoms with E-state index in [0.717, 1.165) is 40.6 Å². The second-order valence-electron chi connectivity index (χ2n) is 5.05. The highest BCUT2D eigenvalue weighted by Crippen LogP contribution is 2.22. The number of hydrogen-bond donors (Lipinski definition) is 2. The molecule has 1 aliphatic rings. The zero-order chi connectivity index (χ0) is 13.9. The van der Waals surface area contributed by atoms with Crippen molar-refractivity contribution in [3.63, 3.8) is 0 Å². The highest BCUT2D eigenvalue weighted by atomic mass is 79.9. The quantitative estimate of drug-likeness (QED) is 0.907. The van der Waals surface area contributed by atoms with E-state index in [2.05, 4.69) is 31.4 Å². The third-order valence-corrected chi connectivity index (χ3v) is 4.11. The number of nitrogens with zero attached hydrogens (tertiary/aromatic N) is 1. The molecular weight excluding hydrogens is 318 g/mol. The van der Waals surface area contributed by atoms with Gasteiger partial charge in [-0.3, -0.25) is 9.89 Å². The molecule has 0 radical (unpaired) electrons. The maximum absolute atomic E-state index is 12.2. The van der Waals surface area contributed by atoms with Gasteiger partial charge in [0.15, 0.2) is 5.69 Å². The summed E-state index contributed by atoms with van der Waals surface area (Å²) in [5, 5.41) is 10.1. The van der Waals surface area contributed by atoms with E-state index in [9.17, 15) is 4.79 Å². The Morgan fingerprint density at radius 2 is 2.20 bits per heavy atom. The summed E-state index contributed by atoms with van der Waals surface area (Å²) in [5.74, 6) is -0.0932. The molecule has 3 rings (SSSR count). The van der Waals surface area contributed by atoms with Crippen LogP contribution in [0.1, 0.15) is 40.2 Å². The molecule has 0 aliphatic heterocycles. The Morgan fingerprint density at radius 3 is 3.05 bits per heavy atom. The van der Waals surface area contributed by atoms with Gasteiger partial charge in [0.2, 0.25) is 0 Å². The normalized spacial score (nSPS) is 13.8. The third kappa shape index (κ3) is 2.77. The van der Waals surface area contributed by atoms with Crippen LogP contribution in [-0.4, -0.2) is 16.1 Å². The minimum atomic E-state index is -0.0932. The van der Waals surface area contributed by atoms with E-state index in [-0.39, 0.29) is 5.91 Å². The molecule has 1 aromatic carbocycles. The van der Waals surface area contributed by atoms with E-state index in [1.807, 2.05) is 24.3 Å². The second-order valence-corrected chi connectivity index (χ2v) is 5.96. The van der Waals surface area contributed by atoms with Gasteiger partial charge in [0.25, 0.3) is 5.91 Å². The Bertz CT molecular complexity index is 636. The number of amides is 1. The van der Waals surface area contributed by atoms with Crippen LogP contribution >= 0.6 is 15.9 Å². The lowest BCUT2D eigenvalue weighted by atomic mass is 9.96. The van der Waals surface area contributed by atoms with Gasteiger partial charge in [-0.15, -0.1) is 0 Å². The first-order chi connectivity index (χ1) is 9.74. The van der Waals surface area contributed by atoms with Crippen LogP contribution < -0.4 is 5.32 Å². The average molecular weight is 334 g/mol. The molecule has 1 heterocycles. The number of aryl methyl sites for hydroxylation is 1. The molecule has 0 unspecified atom stereocenters. The predicted octanol–water partition coefficient (Wildman–Crippen LogP) is 2.98. The number of nitrogens with one attached hydrogen (secondary N) is 2. The van der Waals surface area contributed by atoms with Gasteiger partial charge in [0, 0.05) is 22.3 Å². The van der Waals surface area contributed by atoms with Gasteiger partial charge in [-0.2, -0.15) is 5.10 Å². The summed E-state index contributed by atoms with van der Waals surface area (Å²) < 4.78 is 1.02. The maximum atomic E-state index is 12.2. The standard InChI is InChI=1S/C15H16BrN3O/c16-11-5-3-4-10(8-11)9-17-15(20)14-12-6-1-2-7-13(12)18-19-14/h3-5,8H,1-2,6-7,9H2,(H,17,20)(H,18,19). The summed E-state index contributed by atoms with van der Waals surface area (Å²) in [5.41, 5.74) is 3.86. The molecule has 0 atom stereocenters. The number of hydrogen-bond acceptors (Lipinski definition) is 2. The number of aromatic amines is 1. The Hall–Kier alpha value is -1.62. The number of halogens is 1. The molecular formula is C15H16BrN3O. The Morgan fingerprint density at radius 1 is 1.35 bits per heavy atom. The van der Waals surface area contributed by atoms with E-state index in [0.29, 0.717) is 12.2 Å². The van der Waals surface area contributed by atoms with Crippen molar-refractivity contribution in [1.29, 1.82) is 0 Å². The Kier molecular flexibility index (Phi) is 3.87. The summed E-state index contributed by atoms with van der Waals surface area (Å²) in [6.45, 7) is 0.514. The van der Waals surface area contributed by atoms with Gasteiger partial charge in [-0.05, 0) is 43.4 Å². The average Bonchev–Trinajstić information content (AvgIpc) is 2.89. The van der Waals surface area contributed by atoms with Crippen molar-refractivity contribution in [3.05, 3.63) is 51.3 Å². The molecule has 0 spiro atoms. The van der Waals surface area contributed by atoms with Gasteiger partial charge in [0.05, 0.1) is 0 Å². The van der Waals surface area contributed by atoms with Crippen LogP contribution in [0.15, 0.2) is 28.7 Å². The predicted molar refractivity (Wildman–Crippen MR) is 80.5 cm³/mol. The minimum Gasteiger partial charge on any atom is -0.347 e. The minimum absolute atomic E-state index is 0.0932. The van der Waals surface area contributed by atoms with Crippen molar-refractivity contribution < 1.29 is 4.79 Å².